The van der Waals surface area contributed by atoms with Crippen molar-refractivity contribution >= 4 is 11.3 Å². The number of thiazole rings is 1. The van der Waals surface area contributed by atoms with Crippen LogP contribution in [0.25, 0.3) is 0 Å². The molecule has 1 spiro atoms. The van der Waals surface area contributed by atoms with Gasteiger partial charge in [0.05, 0.1) is 11.1 Å². The molecule has 1 heterocycles. The second kappa shape index (κ2) is 4.91. The normalized spacial score (nSPS) is 29.0. The first-order valence-electron chi connectivity index (χ1n) is 7.01. The molecule has 1 N–H and O–H groups in total. The van der Waals surface area contributed by atoms with Crippen LogP contribution in [0.15, 0.2) is 6.20 Å². The highest BCUT2D eigenvalue weighted by molar-refractivity contribution is 7.11. The van der Waals surface area contributed by atoms with Gasteiger partial charge in [-0.1, -0.05) is 6.42 Å². The van der Waals surface area contributed by atoms with Crippen molar-refractivity contribution in [1.29, 1.82) is 0 Å². The van der Waals surface area contributed by atoms with Gasteiger partial charge in [-0.3, -0.25) is 0 Å². The first kappa shape index (κ1) is 12.6. The third-order valence-electron chi connectivity index (χ3n) is 4.63. The van der Waals surface area contributed by atoms with Gasteiger partial charge in [0.2, 0.25) is 0 Å². The largest absolute Gasteiger partial charge is 0.378 e. The molecule has 1 aromatic heterocycles. The van der Waals surface area contributed by atoms with Gasteiger partial charge in [-0.15, -0.1) is 11.3 Å². The van der Waals surface area contributed by atoms with E-state index in [-0.39, 0.29) is 0 Å². The van der Waals surface area contributed by atoms with Gasteiger partial charge in [-0.05, 0) is 33.1 Å². The van der Waals surface area contributed by atoms with Crippen molar-refractivity contribution in [3.8, 4) is 0 Å². The Hall–Kier alpha value is -0.450. The molecular formula is C14H22N2OS. The molecule has 0 aromatic carbocycles. The van der Waals surface area contributed by atoms with Crippen LogP contribution in [0.4, 0.5) is 0 Å². The van der Waals surface area contributed by atoms with E-state index in [0.29, 0.717) is 17.6 Å². The Bertz CT molecular complexity index is 414. The summed E-state index contributed by atoms with van der Waals surface area (Å²) in [6.07, 6.45) is 7.76. The molecule has 2 unspecified atom stereocenters. The Balaban J connectivity index is 1.55. The maximum atomic E-state index is 5.87. The maximum Gasteiger partial charge on any atom is 0.0897 e. The number of aryl methyl sites for hydroxylation is 1. The summed E-state index contributed by atoms with van der Waals surface area (Å²) in [5.74, 6) is 0. The number of rotatable bonds is 5. The predicted molar refractivity (Wildman–Crippen MR) is 73.8 cm³/mol. The van der Waals surface area contributed by atoms with E-state index >= 15 is 0 Å². The van der Waals surface area contributed by atoms with Crippen LogP contribution < -0.4 is 5.32 Å². The van der Waals surface area contributed by atoms with Gasteiger partial charge in [0.25, 0.3) is 0 Å². The molecule has 2 aliphatic carbocycles. The minimum Gasteiger partial charge on any atom is -0.378 e. The molecule has 18 heavy (non-hydrogen) atoms. The Morgan fingerprint density at radius 2 is 2.39 bits per heavy atom. The lowest BCUT2D eigenvalue weighted by Crippen LogP contribution is -2.66. The van der Waals surface area contributed by atoms with E-state index < -0.39 is 0 Å². The van der Waals surface area contributed by atoms with E-state index in [2.05, 4.69) is 24.1 Å². The van der Waals surface area contributed by atoms with Crippen LogP contribution in [0.2, 0.25) is 0 Å². The van der Waals surface area contributed by atoms with Crippen molar-refractivity contribution in [3.05, 3.63) is 16.1 Å². The molecular weight excluding hydrogens is 244 g/mol. The zero-order valence-electron chi connectivity index (χ0n) is 11.2. The van der Waals surface area contributed by atoms with Crippen molar-refractivity contribution in [2.24, 2.45) is 5.41 Å². The highest BCUT2D eigenvalue weighted by atomic mass is 32.1. The molecule has 0 aliphatic heterocycles. The summed E-state index contributed by atoms with van der Waals surface area (Å²) in [5, 5.41) is 4.88. The number of ether oxygens (including phenoxy) is 1. The van der Waals surface area contributed by atoms with E-state index in [0.717, 1.165) is 18.2 Å². The molecule has 2 fully saturated rings. The lowest BCUT2D eigenvalue weighted by Gasteiger charge is -2.61. The average molecular weight is 266 g/mol. The Kier molecular flexibility index (Phi) is 3.43. The summed E-state index contributed by atoms with van der Waals surface area (Å²) >= 11 is 1.80. The van der Waals surface area contributed by atoms with E-state index in [1.165, 1.54) is 30.6 Å². The van der Waals surface area contributed by atoms with E-state index in [1.807, 2.05) is 6.20 Å². The molecule has 3 rings (SSSR count). The maximum absolute atomic E-state index is 5.87. The Morgan fingerprint density at radius 1 is 1.56 bits per heavy atom. The van der Waals surface area contributed by atoms with Gasteiger partial charge < -0.3 is 10.1 Å². The van der Waals surface area contributed by atoms with Gasteiger partial charge in [-0.25, -0.2) is 4.98 Å². The summed E-state index contributed by atoms with van der Waals surface area (Å²) in [5.41, 5.74) is 0.468. The number of aromatic nitrogens is 1. The smallest absolute Gasteiger partial charge is 0.0897 e. The Morgan fingerprint density at radius 3 is 2.94 bits per heavy atom. The Labute approximate surface area is 113 Å². The van der Waals surface area contributed by atoms with E-state index in [4.69, 9.17) is 4.74 Å². The van der Waals surface area contributed by atoms with E-state index in [9.17, 15) is 0 Å². The topological polar surface area (TPSA) is 34.1 Å². The van der Waals surface area contributed by atoms with Crippen LogP contribution in [0.3, 0.4) is 0 Å². The third-order valence-corrected chi connectivity index (χ3v) is 5.54. The van der Waals surface area contributed by atoms with Gasteiger partial charge in [-0.2, -0.15) is 0 Å². The molecule has 4 heteroatoms. The highest BCUT2D eigenvalue weighted by Crippen LogP contribution is 2.57. The fourth-order valence-corrected chi connectivity index (χ4v) is 4.18. The van der Waals surface area contributed by atoms with Crippen molar-refractivity contribution in [1.82, 2.24) is 10.3 Å². The minimum atomic E-state index is 0.468. The van der Waals surface area contributed by atoms with Crippen molar-refractivity contribution in [2.45, 2.75) is 58.2 Å². The molecule has 0 radical (unpaired) electrons. The van der Waals surface area contributed by atoms with Crippen LogP contribution in [-0.4, -0.2) is 23.7 Å². The molecule has 3 nitrogen and oxygen atoms in total. The average Bonchev–Trinajstić information content (AvgIpc) is 2.66. The molecule has 0 bridgehead atoms. The molecule has 100 valence electrons. The van der Waals surface area contributed by atoms with Gasteiger partial charge in [0.15, 0.2) is 0 Å². The van der Waals surface area contributed by atoms with Crippen LogP contribution >= 0.6 is 11.3 Å². The molecule has 0 amide bonds. The second-order valence-electron chi connectivity index (χ2n) is 5.55. The quantitative estimate of drug-likeness (QED) is 0.890. The highest BCUT2D eigenvalue weighted by Gasteiger charge is 2.58. The van der Waals surface area contributed by atoms with Crippen LogP contribution in [-0.2, 0) is 11.3 Å². The fourth-order valence-electron chi connectivity index (χ4n) is 3.44. The third kappa shape index (κ3) is 2.00. The summed E-state index contributed by atoms with van der Waals surface area (Å²) < 4.78 is 5.87. The second-order valence-corrected chi connectivity index (χ2v) is 6.86. The molecule has 2 saturated carbocycles. The van der Waals surface area contributed by atoms with Gasteiger partial charge in [0.1, 0.15) is 0 Å². The molecule has 1 aromatic rings. The predicted octanol–water partition coefficient (Wildman–Crippen LogP) is 2.89. The number of hydrogen-bond acceptors (Lipinski definition) is 4. The van der Waals surface area contributed by atoms with Crippen molar-refractivity contribution in [2.75, 3.05) is 6.61 Å². The summed E-state index contributed by atoms with van der Waals surface area (Å²) in [7, 11) is 0. The van der Waals surface area contributed by atoms with Crippen molar-refractivity contribution in [3.63, 3.8) is 0 Å². The molecule has 2 atom stereocenters. The monoisotopic (exact) mass is 266 g/mol. The zero-order chi connectivity index (χ0) is 12.6. The molecule has 0 saturated heterocycles. The number of nitrogens with one attached hydrogen (secondary N) is 1. The minimum absolute atomic E-state index is 0.468. The molecule has 2 aliphatic rings. The number of nitrogens with zero attached hydrogens (tertiary/aromatic N) is 1. The standard InChI is InChI=1S/C14H22N2OS/c1-3-17-13-7-12(14(13)5-4-6-14)16-9-11-8-15-10(2)18-11/h8,12-13,16H,3-7,9H2,1-2H3. The van der Waals surface area contributed by atoms with Crippen LogP contribution in [0, 0.1) is 12.3 Å². The lowest BCUT2D eigenvalue weighted by molar-refractivity contribution is -0.173. The summed E-state index contributed by atoms with van der Waals surface area (Å²) in [6.45, 7) is 5.99. The fraction of sp³-hybridized carbons (Fsp3) is 0.786. The summed E-state index contributed by atoms with van der Waals surface area (Å²) in [4.78, 5) is 5.66. The van der Waals surface area contributed by atoms with Gasteiger partial charge >= 0.3 is 0 Å². The van der Waals surface area contributed by atoms with E-state index in [1.54, 1.807) is 11.3 Å². The van der Waals surface area contributed by atoms with Crippen LogP contribution in [0.5, 0.6) is 0 Å². The lowest BCUT2D eigenvalue weighted by atomic mass is 9.51. The van der Waals surface area contributed by atoms with Crippen molar-refractivity contribution < 1.29 is 4.74 Å². The van der Waals surface area contributed by atoms with Crippen LogP contribution in [0.1, 0.15) is 42.5 Å². The number of hydrogen-bond donors (Lipinski definition) is 1. The summed E-state index contributed by atoms with van der Waals surface area (Å²) in [6, 6.07) is 0.658. The first-order chi connectivity index (χ1) is 8.74. The first-order valence-corrected chi connectivity index (χ1v) is 7.82. The zero-order valence-corrected chi connectivity index (χ0v) is 12.1. The SMILES string of the molecule is CCOC1CC(NCc2cnc(C)s2)C12CCC2. The van der Waals surface area contributed by atoms with Gasteiger partial charge in [0, 0.05) is 35.7 Å².